The van der Waals surface area contributed by atoms with Gasteiger partial charge < -0.3 is 10.6 Å². The summed E-state index contributed by atoms with van der Waals surface area (Å²) >= 11 is 5.88. The van der Waals surface area contributed by atoms with Crippen LogP contribution in [0.3, 0.4) is 0 Å². The fraction of sp³-hybridized carbons (Fsp3) is 0.167. The van der Waals surface area contributed by atoms with Gasteiger partial charge in [-0.15, -0.1) is 5.10 Å². The van der Waals surface area contributed by atoms with Crippen LogP contribution in [0.2, 0.25) is 5.02 Å². The largest absolute Gasteiger partial charge is 0.339 e. The first-order chi connectivity index (χ1) is 11.6. The predicted molar refractivity (Wildman–Crippen MR) is 98.4 cm³/mol. The van der Waals surface area contributed by atoms with Gasteiger partial charge in [0.15, 0.2) is 5.82 Å². The Morgan fingerprint density at radius 2 is 1.50 bits per heavy atom. The van der Waals surface area contributed by atoms with Gasteiger partial charge >= 0.3 is 0 Å². The number of hydrogen-bond acceptors (Lipinski definition) is 5. The van der Waals surface area contributed by atoms with Crippen molar-refractivity contribution >= 4 is 34.7 Å². The highest BCUT2D eigenvalue weighted by atomic mass is 35.5. The van der Waals surface area contributed by atoms with Crippen LogP contribution in [-0.4, -0.2) is 15.2 Å². The summed E-state index contributed by atoms with van der Waals surface area (Å²) in [4.78, 5) is 4.41. The van der Waals surface area contributed by atoms with Crippen molar-refractivity contribution in [1.29, 1.82) is 0 Å². The van der Waals surface area contributed by atoms with Crippen LogP contribution in [0.5, 0.6) is 0 Å². The molecule has 0 aliphatic rings. The summed E-state index contributed by atoms with van der Waals surface area (Å²) in [6.45, 7) is 4.34. The first kappa shape index (κ1) is 16.2. The van der Waals surface area contributed by atoms with Crippen LogP contribution < -0.4 is 10.6 Å². The molecule has 0 spiro atoms. The van der Waals surface area contributed by atoms with E-state index in [0.29, 0.717) is 22.7 Å². The minimum absolute atomic E-state index is 0.436. The number of anilines is 4. The second kappa shape index (κ2) is 7.27. The van der Waals surface area contributed by atoms with Crippen molar-refractivity contribution < 1.29 is 0 Å². The number of nitrogens with zero attached hydrogens (tertiary/aromatic N) is 3. The third kappa shape index (κ3) is 4.20. The molecule has 0 saturated carbocycles. The summed E-state index contributed by atoms with van der Waals surface area (Å²) in [7, 11) is 0. The fourth-order valence-electron chi connectivity index (χ4n) is 2.18. The van der Waals surface area contributed by atoms with Crippen LogP contribution in [0.1, 0.15) is 25.3 Å². The van der Waals surface area contributed by atoms with Crippen LogP contribution in [0.15, 0.2) is 54.7 Å². The maximum atomic E-state index is 5.88. The Morgan fingerprint density at radius 3 is 2.17 bits per heavy atom. The van der Waals surface area contributed by atoms with E-state index in [2.05, 4.69) is 51.8 Å². The van der Waals surface area contributed by atoms with E-state index in [-0.39, 0.29) is 0 Å². The maximum absolute atomic E-state index is 5.88. The molecule has 122 valence electrons. The smallest absolute Gasteiger partial charge is 0.249 e. The van der Waals surface area contributed by atoms with Gasteiger partial charge in [-0.1, -0.05) is 37.6 Å². The van der Waals surface area contributed by atoms with E-state index < -0.39 is 0 Å². The number of hydrogen-bond donors (Lipinski definition) is 2. The van der Waals surface area contributed by atoms with Gasteiger partial charge in [0.25, 0.3) is 0 Å². The van der Waals surface area contributed by atoms with E-state index in [1.165, 1.54) is 5.56 Å². The molecule has 24 heavy (non-hydrogen) atoms. The molecule has 3 rings (SSSR count). The minimum atomic E-state index is 0.436. The zero-order valence-electron chi connectivity index (χ0n) is 13.5. The molecule has 2 aromatic carbocycles. The second-order valence-corrected chi connectivity index (χ2v) is 6.14. The molecular weight excluding hydrogens is 322 g/mol. The Kier molecular flexibility index (Phi) is 4.91. The lowest BCUT2D eigenvalue weighted by molar-refractivity contribution is 0.867. The molecule has 0 saturated heterocycles. The molecule has 0 unspecified atom stereocenters. The van der Waals surface area contributed by atoms with Gasteiger partial charge in [-0.3, -0.25) is 0 Å². The van der Waals surface area contributed by atoms with E-state index in [1.807, 2.05) is 36.4 Å². The Labute approximate surface area is 146 Å². The van der Waals surface area contributed by atoms with Crippen molar-refractivity contribution in [2.24, 2.45) is 0 Å². The van der Waals surface area contributed by atoms with Crippen LogP contribution in [-0.2, 0) is 0 Å². The lowest BCUT2D eigenvalue weighted by Gasteiger charge is -2.09. The molecule has 1 heterocycles. The Hall–Kier alpha value is -2.66. The van der Waals surface area contributed by atoms with E-state index in [1.54, 1.807) is 6.20 Å². The van der Waals surface area contributed by atoms with E-state index in [4.69, 9.17) is 11.6 Å². The van der Waals surface area contributed by atoms with Crippen molar-refractivity contribution in [3.63, 3.8) is 0 Å². The highest BCUT2D eigenvalue weighted by Crippen LogP contribution is 2.20. The Morgan fingerprint density at radius 1 is 0.875 bits per heavy atom. The summed E-state index contributed by atoms with van der Waals surface area (Å²) in [5.74, 6) is 1.55. The summed E-state index contributed by atoms with van der Waals surface area (Å²) in [6, 6.07) is 15.6. The third-order valence-corrected chi connectivity index (χ3v) is 3.76. The molecule has 0 amide bonds. The quantitative estimate of drug-likeness (QED) is 0.674. The van der Waals surface area contributed by atoms with Gasteiger partial charge in [-0.25, -0.2) is 0 Å². The Balaban J connectivity index is 1.71. The second-order valence-electron chi connectivity index (χ2n) is 5.70. The van der Waals surface area contributed by atoms with Gasteiger partial charge in [-0.2, -0.15) is 10.1 Å². The lowest BCUT2D eigenvalue weighted by atomic mass is 10.0. The first-order valence-corrected chi connectivity index (χ1v) is 8.07. The van der Waals surface area contributed by atoms with E-state index in [0.717, 1.165) is 11.4 Å². The summed E-state index contributed by atoms with van der Waals surface area (Å²) in [5.41, 5.74) is 3.09. The Bertz CT molecular complexity index is 800. The molecule has 0 aliphatic carbocycles. The topological polar surface area (TPSA) is 62.7 Å². The number of nitrogens with one attached hydrogen (secondary N) is 2. The molecule has 2 N–H and O–H groups in total. The minimum Gasteiger partial charge on any atom is -0.339 e. The fourth-order valence-corrected chi connectivity index (χ4v) is 2.30. The molecule has 0 atom stereocenters. The van der Waals surface area contributed by atoms with Crippen molar-refractivity contribution in [1.82, 2.24) is 15.2 Å². The van der Waals surface area contributed by atoms with Crippen molar-refractivity contribution in [2.45, 2.75) is 19.8 Å². The molecule has 3 aromatic rings. The molecule has 6 heteroatoms. The zero-order valence-corrected chi connectivity index (χ0v) is 14.2. The van der Waals surface area contributed by atoms with Crippen molar-refractivity contribution in [3.8, 4) is 0 Å². The van der Waals surface area contributed by atoms with Crippen molar-refractivity contribution in [3.05, 3.63) is 65.3 Å². The third-order valence-electron chi connectivity index (χ3n) is 3.51. The number of aromatic nitrogens is 3. The lowest BCUT2D eigenvalue weighted by Crippen LogP contribution is -2.02. The van der Waals surface area contributed by atoms with Gasteiger partial charge in [0.1, 0.15) is 0 Å². The van der Waals surface area contributed by atoms with Gasteiger partial charge in [-0.05, 0) is 47.9 Å². The van der Waals surface area contributed by atoms with E-state index in [9.17, 15) is 0 Å². The summed E-state index contributed by atoms with van der Waals surface area (Å²) in [5, 5.41) is 15.0. The molecule has 0 aliphatic heterocycles. The zero-order chi connectivity index (χ0) is 16.9. The number of halogens is 1. The summed E-state index contributed by atoms with van der Waals surface area (Å²) < 4.78 is 0. The molecule has 0 bridgehead atoms. The molecule has 0 fully saturated rings. The van der Waals surface area contributed by atoms with Gasteiger partial charge in [0.2, 0.25) is 5.95 Å². The summed E-state index contributed by atoms with van der Waals surface area (Å²) in [6.07, 6.45) is 1.57. The van der Waals surface area contributed by atoms with E-state index >= 15 is 0 Å². The predicted octanol–water partition coefficient (Wildman–Crippen LogP) is 5.14. The van der Waals surface area contributed by atoms with Crippen LogP contribution >= 0.6 is 11.6 Å². The average Bonchev–Trinajstić information content (AvgIpc) is 2.58. The van der Waals surface area contributed by atoms with Gasteiger partial charge in [0, 0.05) is 16.4 Å². The molecule has 5 nitrogen and oxygen atoms in total. The standard InChI is InChI=1S/C18H18ClN5/c1-12(2)13-3-7-16(8-4-13)22-18-23-17(11-20-24-18)21-15-9-5-14(19)6-10-15/h3-12H,1-2H3,(H2,21,22,23,24). The molecule has 0 radical (unpaired) electrons. The van der Waals surface area contributed by atoms with Crippen LogP contribution in [0, 0.1) is 0 Å². The van der Waals surface area contributed by atoms with Gasteiger partial charge in [0.05, 0.1) is 6.20 Å². The highest BCUT2D eigenvalue weighted by Gasteiger charge is 2.03. The number of rotatable bonds is 5. The normalized spacial score (nSPS) is 10.7. The SMILES string of the molecule is CC(C)c1ccc(Nc2nncc(Nc3ccc(Cl)cc3)n2)cc1. The average molecular weight is 340 g/mol. The monoisotopic (exact) mass is 339 g/mol. The molecular formula is C18H18ClN5. The maximum Gasteiger partial charge on any atom is 0.249 e. The van der Waals surface area contributed by atoms with Crippen LogP contribution in [0.25, 0.3) is 0 Å². The number of benzene rings is 2. The van der Waals surface area contributed by atoms with Crippen LogP contribution in [0.4, 0.5) is 23.1 Å². The van der Waals surface area contributed by atoms with Crippen molar-refractivity contribution in [2.75, 3.05) is 10.6 Å². The highest BCUT2D eigenvalue weighted by molar-refractivity contribution is 6.30. The molecule has 1 aromatic heterocycles. The first-order valence-electron chi connectivity index (χ1n) is 7.69.